The van der Waals surface area contributed by atoms with E-state index in [2.05, 4.69) is 19.8 Å². The highest BCUT2D eigenvalue weighted by Crippen LogP contribution is 2.25. The number of hydrogen-bond acceptors (Lipinski definition) is 7. The van der Waals surface area contributed by atoms with Crippen molar-refractivity contribution in [2.45, 2.75) is 20.0 Å². The molecule has 0 aliphatic rings. The molecule has 0 aliphatic carbocycles. The number of anilines is 1. The minimum absolute atomic E-state index is 0.0241. The second-order valence-electron chi connectivity index (χ2n) is 4.52. The Morgan fingerprint density at radius 2 is 2.04 bits per heavy atom. The van der Waals surface area contributed by atoms with Gasteiger partial charge >= 0.3 is 12.3 Å². The molecule has 1 rings (SSSR count). The molecule has 1 heterocycles. The molecule has 0 unspecified atom stereocenters. The number of sulfonamides is 1. The van der Waals surface area contributed by atoms with Crippen molar-refractivity contribution in [3.8, 4) is 5.75 Å². The molecule has 24 heavy (non-hydrogen) atoms. The Balaban J connectivity index is 2.78. The molecule has 0 aliphatic heterocycles. The van der Waals surface area contributed by atoms with E-state index in [0.717, 1.165) is 0 Å². The van der Waals surface area contributed by atoms with Crippen LogP contribution >= 0.6 is 0 Å². The summed E-state index contributed by atoms with van der Waals surface area (Å²) in [7, 11) is -4.12. The van der Waals surface area contributed by atoms with Gasteiger partial charge in [0.25, 0.3) is 10.0 Å². The van der Waals surface area contributed by atoms with Crippen molar-refractivity contribution in [1.82, 2.24) is 9.71 Å². The van der Waals surface area contributed by atoms with Crippen LogP contribution in [-0.4, -0.2) is 44.8 Å². The summed E-state index contributed by atoms with van der Waals surface area (Å²) in [6.45, 7) is 1.49. The average molecular weight is 371 g/mol. The van der Waals surface area contributed by atoms with Crippen LogP contribution < -0.4 is 14.8 Å². The van der Waals surface area contributed by atoms with Crippen LogP contribution in [0.4, 0.5) is 23.8 Å². The highest BCUT2D eigenvalue weighted by Gasteiger charge is 2.29. The molecule has 2 N–H and O–H groups in total. The van der Waals surface area contributed by atoms with Crippen molar-refractivity contribution in [3.05, 3.63) is 17.8 Å². The summed E-state index contributed by atoms with van der Waals surface area (Å²) in [5, 5.41) is 2.30. The number of pyridine rings is 1. The van der Waals surface area contributed by atoms with Gasteiger partial charge in [-0.05, 0) is 25.5 Å². The zero-order valence-corrected chi connectivity index (χ0v) is 13.6. The lowest BCUT2D eigenvalue weighted by Crippen LogP contribution is -2.35. The standard InChI is InChI=1S/C12H16F3N3O5S/c1-3-22-11(19)18-24(20,21)7-17-10-9(4-8(2)5-16-10)23-6-12(13,14)15/h4-5H,3,6-7H2,1-2H3,(H,16,17)(H,18,19). The summed E-state index contributed by atoms with van der Waals surface area (Å²) in [6, 6.07) is 1.27. The van der Waals surface area contributed by atoms with E-state index in [-0.39, 0.29) is 18.2 Å². The highest BCUT2D eigenvalue weighted by atomic mass is 32.2. The first-order chi connectivity index (χ1) is 11.0. The van der Waals surface area contributed by atoms with Crippen molar-refractivity contribution < 1.29 is 35.9 Å². The summed E-state index contributed by atoms with van der Waals surface area (Å²) >= 11 is 0. The molecule has 0 fully saturated rings. The highest BCUT2D eigenvalue weighted by molar-refractivity contribution is 7.90. The number of rotatable bonds is 7. The van der Waals surface area contributed by atoms with Crippen LogP contribution in [0.1, 0.15) is 12.5 Å². The monoisotopic (exact) mass is 371 g/mol. The van der Waals surface area contributed by atoms with Gasteiger partial charge in [-0.2, -0.15) is 13.2 Å². The Hall–Kier alpha value is -2.24. The molecule has 0 atom stereocenters. The predicted octanol–water partition coefficient (Wildman–Crippen LogP) is 1.78. The summed E-state index contributed by atoms with van der Waals surface area (Å²) in [4.78, 5) is 14.9. The zero-order chi connectivity index (χ0) is 18.4. The third kappa shape index (κ3) is 7.35. The number of carbonyl (C=O) groups excluding carboxylic acids is 1. The van der Waals surface area contributed by atoms with E-state index in [1.165, 1.54) is 19.2 Å². The molecule has 8 nitrogen and oxygen atoms in total. The molecule has 1 aromatic heterocycles. The second kappa shape index (κ2) is 8.04. The van der Waals surface area contributed by atoms with Gasteiger partial charge in [0.15, 0.2) is 18.2 Å². The Bertz CT molecular complexity index is 679. The van der Waals surface area contributed by atoms with Crippen molar-refractivity contribution in [2.24, 2.45) is 0 Å². The minimum atomic E-state index is -4.56. The van der Waals surface area contributed by atoms with Gasteiger partial charge in [0.2, 0.25) is 0 Å². The van der Waals surface area contributed by atoms with E-state index < -0.39 is 34.8 Å². The van der Waals surface area contributed by atoms with Gasteiger partial charge in [0.1, 0.15) is 5.88 Å². The maximum Gasteiger partial charge on any atom is 0.422 e. The van der Waals surface area contributed by atoms with Crippen LogP contribution in [0.25, 0.3) is 0 Å². The van der Waals surface area contributed by atoms with E-state index in [9.17, 15) is 26.4 Å². The molecule has 136 valence electrons. The van der Waals surface area contributed by atoms with Crippen molar-refractivity contribution in [1.29, 1.82) is 0 Å². The Morgan fingerprint density at radius 3 is 2.62 bits per heavy atom. The quantitative estimate of drug-likeness (QED) is 0.752. The van der Waals surface area contributed by atoms with Gasteiger partial charge in [-0.1, -0.05) is 0 Å². The third-order valence-corrected chi connectivity index (χ3v) is 3.33. The number of carbonyl (C=O) groups is 1. The summed E-state index contributed by atoms with van der Waals surface area (Å²) in [5.74, 6) is -1.29. The molecule has 0 bridgehead atoms. The van der Waals surface area contributed by atoms with Gasteiger partial charge < -0.3 is 14.8 Å². The van der Waals surface area contributed by atoms with Crippen molar-refractivity contribution >= 4 is 21.9 Å². The first-order valence-corrected chi connectivity index (χ1v) is 8.25. The Morgan fingerprint density at radius 1 is 1.38 bits per heavy atom. The molecule has 12 heteroatoms. The lowest BCUT2D eigenvalue weighted by atomic mass is 10.3. The molecular weight excluding hydrogens is 355 g/mol. The lowest BCUT2D eigenvalue weighted by molar-refractivity contribution is -0.153. The number of ether oxygens (including phenoxy) is 2. The molecule has 0 radical (unpaired) electrons. The molecule has 1 amide bonds. The molecule has 1 aromatic rings. The third-order valence-electron chi connectivity index (χ3n) is 2.32. The number of aromatic nitrogens is 1. The van der Waals surface area contributed by atoms with Gasteiger partial charge in [-0.3, -0.25) is 0 Å². The van der Waals surface area contributed by atoms with Gasteiger partial charge in [0, 0.05) is 6.20 Å². The SMILES string of the molecule is CCOC(=O)NS(=O)(=O)CNc1ncc(C)cc1OCC(F)(F)F. The first kappa shape index (κ1) is 19.8. The predicted molar refractivity (Wildman–Crippen MR) is 78.1 cm³/mol. The number of halogens is 3. The maximum atomic E-state index is 12.2. The van der Waals surface area contributed by atoms with E-state index in [4.69, 9.17) is 0 Å². The number of nitrogens with one attached hydrogen (secondary N) is 2. The zero-order valence-electron chi connectivity index (χ0n) is 12.8. The van der Waals surface area contributed by atoms with Crippen LogP contribution in [0, 0.1) is 6.92 Å². The van der Waals surface area contributed by atoms with Gasteiger partial charge in [-0.15, -0.1) is 0 Å². The summed E-state index contributed by atoms with van der Waals surface area (Å²) in [5.41, 5.74) is 0.519. The molecule has 0 aromatic carbocycles. The Kier molecular flexibility index (Phi) is 6.63. The largest absolute Gasteiger partial charge is 0.480 e. The smallest absolute Gasteiger partial charge is 0.422 e. The van der Waals surface area contributed by atoms with Crippen LogP contribution in [0.3, 0.4) is 0 Å². The number of amides is 1. The van der Waals surface area contributed by atoms with Crippen LogP contribution in [0.2, 0.25) is 0 Å². The second-order valence-corrected chi connectivity index (χ2v) is 6.24. The van der Waals surface area contributed by atoms with E-state index >= 15 is 0 Å². The van der Waals surface area contributed by atoms with Crippen molar-refractivity contribution in [2.75, 3.05) is 24.4 Å². The van der Waals surface area contributed by atoms with Crippen LogP contribution in [-0.2, 0) is 14.8 Å². The molecular formula is C12H16F3N3O5S. The summed E-state index contributed by atoms with van der Waals surface area (Å²) < 4.78 is 70.7. The summed E-state index contributed by atoms with van der Waals surface area (Å²) in [6.07, 6.45) is -4.41. The molecule has 0 spiro atoms. The fraction of sp³-hybridized carbons (Fsp3) is 0.500. The number of hydrogen-bond donors (Lipinski definition) is 2. The number of nitrogens with zero attached hydrogens (tertiary/aromatic N) is 1. The topological polar surface area (TPSA) is 107 Å². The Labute approximate surface area is 136 Å². The maximum absolute atomic E-state index is 12.2. The molecule has 0 saturated carbocycles. The van der Waals surface area contributed by atoms with Crippen LogP contribution in [0.15, 0.2) is 12.3 Å². The average Bonchev–Trinajstić information content (AvgIpc) is 2.43. The van der Waals surface area contributed by atoms with Crippen molar-refractivity contribution in [3.63, 3.8) is 0 Å². The van der Waals surface area contributed by atoms with E-state index in [0.29, 0.717) is 5.56 Å². The number of alkyl halides is 3. The fourth-order valence-corrected chi connectivity index (χ4v) is 2.14. The van der Waals surface area contributed by atoms with E-state index in [1.807, 2.05) is 0 Å². The van der Waals surface area contributed by atoms with Gasteiger partial charge in [-0.25, -0.2) is 22.9 Å². The lowest BCUT2D eigenvalue weighted by Gasteiger charge is -2.14. The normalized spacial score (nSPS) is 11.7. The molecule has 0 saturated heterocycles. The number of aryl methyl sites for hydroxylation is 1. The van der Waals surface area contributed by atoms with E-state index in [1.54, 1.807) is 11.6 Å². The van der Waals surface area contributed by atoms with Crippen LogP contribution in [0.5, 0.6) is 5.75 Å². The first-order valence-electron chi connectivity index (χ1n) is 6.59. The minimum Gasteiger partial charge on any atom is -0.480 e. The van der Waals surface area contributed by atoms with Gasteiger partial charge in [0.05, 0.1) is 6.61 Å². The fourth-order valence-electron chi connectivity index (χ4n) is 1.43.